The first-order valence-electron chi connectivity index (χ1n) is 8.16. The Kier molecular flexibility index (Phi) is 4.94. The molecule has 0 aliphatic rings. The molecule has 1 N–H and O–H groups in total. The van der Waals surface area contributed by atoms with Crippen molar-refractivity contribution in [3.63, 3.8) is 0 Å². The van der Waals surface area contributed by atoms with Gasteiger partial charge in [0, 0.05) is 17.4 Å². The zero-order valence-electron chi connectivity index (χ0n) is 14.2. The van der Waals surface area contributed by atoms with Crippen molar-refractivity contribution in [2.24, 2.45) is 0 Å². The number of hydrogen-bond donors (Lipinski definition) is 1. The summed E-state index contributed by atoms with van der Waals surface area (Å²) in [4.78, 5) is 12.3. The molecule has 24 heavy (non-hydrogen) atoms. The van der Waals surface area contributed by atoms with Crippen LogP contribution in [0.3, 0.4) is 0 Å². The summed E-state index contributed by atoms with van der Waals surface area (Å²) in [6.07, 6.45) is 5.04. The predicted molar refractivity (Wildman–Crippen MR) is 96.5 cm³/mol. The number of benzene rings is 1. The van der Waals surface area contributed by atoms with Gasteiger partial charge in [0.25, 0.3) is 0 Å². The van der Waals surface area contributed by atoms with E-state index in [1.165, 1.54) is 22.5 Å². The fourth-order valence-electron chi connectivity index (χ4n) is 2.54. The Morgan fingerprint density at radius 3 is 2.83 bits per heavy atom. The number of nitrogens with one attached hydrogen (secondary N) is 1. The highest BCUT2D eigenvalue weighted by Crippen LogP contribution is 2.25. The van der Waals surface area contributed by atoms with E-state index in [9.17, 15) is 4.79 Å². The van der Waals surface area contributed by atoms with E-state index >= 15 is 0 Å². The molecule has 0 saturated carbocycles. The van der Waals surface area contributed by atoms with Gasteiger partial charge in [-0.15, -0.1) is 10.2 Å². The molecule has 2 heterocycles. The summed E-state index contributed by atoms with van der Waals surface area (Å²) in [7, 11) is 0. The number of amides is 1. The van der Waals surface area contributed by atoms with Gasteiger partial charge < -0.3 is 9.73 Å². The van der Waals surface area contributed by atoms with Crippen molar-refractivity contribution >= 4 is 33.3 Å². The third-order valence-electron chi connectivity index (χ3n) is 4.08. The Labute approximate surface area is 145 Å². The fourth-order valence-corrected chi connectivity index (χ4v) is 3.34. The molecule has 126 valence electrons. The quantitative estimate of drug-likeness (QED) is 0.719. The summed E-state index contributed by atoms with van der Waals surface area (Å²) in [6, 6.07) is 4.08. The highest BCUT2D eigenvalue weighted by molar-refractivity contribution is 7.15. The van der Waals surface area contributed by atoms with E-state index in [2.05, 4.69) is 42.4 Å². The number of anilines is 1. The Hall–Kier alpha value is -2.21. The summed E-state index contributed by atoms with van der Waals surface area (Å²) >= 11 is 1.44. The number of carbonyl (C=O) groups is 1. The van der Waals surface area contributed by atoms with Crippen LogP contribution in [-0.4, -0.2) is 16.1 Å². The number of furan rings is 1. The van der Waals surface area contributed by atoms with E-state index in [1.54, 1.807) is 6.26 Å². The average molecular weight is 343 g/mol. The largest absolute Gasteiger partial charge is 0.464 e. The molecule has 0 atom stereocenters. The van der Waals surface area contributed by atoms with Crippen LogP contribution < -0.4 is 5.32 Å². The van der Waals surface area contributed by atoms with Crippen LogP contribution in [0.25, 0.3) is 11.0 Å². The molecule has 0 aliphatic carbocycles. The summed E-state index contributed by atoms with van der Waals surface area (Å²) in [5.74, 6) is -0.103. The Bertz CT molecular complexity index is 866. The summed E-state index contributed by atoms with van der Waals surface area (Å²) < 4.78 is 5.58. The highest BCUT2D eigenvalue weighted by atomic mass is 32.1. The summed E-state index contributed by atoms with van der Waals surface area (Å²) in [5.41, 5.74) is 4.08. The maximum Gasteiger partial charge on any atom is 0.230 e. The molecule has 0 bridgehead atoms. The summed E-state index contributed by atoms with van der Waals surface area (Å²) in [6.45, 7) is 6.25. The normalized spacial score (nSPS) is 11.1. The Morgan fingerprint density at radius 1 is 1.25 bits per heavy atom. The molecule has 2 aromatic heterocycles. The molecule has 0 fully saturated rings. The lowest BCUT2D eigenvalue weighted by Gasteiger charge is -2.02. The van der Waals surface area contributed by atoms with E-state index < -0.39 is 0 Å². The molecule has 0 spiro atoms. The van der Waals surface area contributed by atoms with Gasteiger partial charge in [-0.2, -0.15) is 0 Å². The maximum absolute atomic E-state index is 12.3. The van der Waals surface area contributed by atoms with Gasteiger partial charge in [0.05, 0.1) is 12.7 Å². The molecule has 3 rings (SSSR count). The van der Waals surface area contributed by atoms with Gasteiger partial charge in [0.1, 0.15) is 10.6 Å². The van der Waals surface area contributed by atoms with E-state index in [-0.39, 0.29) is 12.3 Å². The minimum Gasteiger partial charge on any atom is -0.464 e. The fraction of sp³-hybridized carbons (Fsp3) is 0.389. The second-order valence-corrected chi connectivity index (χ2v) is 7.09. The van der Waals surface area contributed by atoms with Crippen LogP contribution in [0, 0.1) is 13.8 Å². The smallest absolute Gasteiger partial charge is 0.230 e. The lowest BCUT2D eigenvalue weighted by atomic mass is 10.0. The number of unbranched alkanes of at least 4 members (excludes halogenated alkanes) is 1. The maximum atomic E-state index is 12.3. The standard InChI is InChI=1S/C18H21N3O2S/c1-4-5-6-17-20-21-18(24-17)19-16(22)9-13-10-23-15-8-12(3)11(2)7-14(13)15/h7-8,10H,4-6,9H2,1-3H3,(H,19,21,22). The topological polar surface area (TPSA) is 68.0 Å². The zero-order valence-corrected chi connectivity index (χ0v) is 15.0. The first kappa shape index (κ1) is 16.6. The van der Waals surface area contributed by atoms with Crippen LogP contribution in [0.5, 0.6) is 0 Å². The first-order valence-corrected chi connectivity index (χ1v) is 8.98. The van der Waals surface area contributed by atoms with Crippen LogP contribution in [0.1, 0.15) is 41.5 Å². The number of aryl methyl sites for hydroxylation is 3. The van der Waals surface area contributed by atoms with Crippen LogP contribution in [0.4, 0.5) is 5.13 Å². The van der Waals surface area contributed by atoms with E-state index in [1.807, 2.05) is 6.07 Å². The Morgan fingerprint density at radius 2 is 2.04 bits per heavy atom. The minimum atomic E-state index is -0.103. The monoisotopic (exact) mass is 343 g/mol. The molecule has 1 amide bonds. The van der Waals surface area contributed by atoms with E-state index in [0.29, 0.717) is 5.13 Å². The second kappa shape index (κ2) is 7.13. The molecular formula is C18H21N3O2S. The third-order valence-corrected chi connectivity index (χ3v) is 4.98. The molecule has 0 saturated heterocycles. The van der Waals surface area contributed by atoms with Crippen molar-refractivity contribution in [3.8, 4) is 0 Å². The van der Waals surface area contributed by atoms with Gasteiger partial charge in [-0.1, -0.05) is 24.7 Å². The second-order valence-electron chi connectivity index (χ2n) is 6.02. The van der Waals surface area contributed by atoms with Crippen molar-refractivity contribution in [1.29, 1.82) is 0 Å². The third kappa shape index (κ3) is 3.64. The van der Waals surface area contributed by atoms with Crippen molar-refractivity contribution < 1.29 is 9.21 Å². The van der Waals surface area contributed by atoms with Crippen LogP contribution in [-0.2, 0) is 17.6 Å². The number of fused-ring (bicyclic) bond motifs is 1. The number of carbonyl (C=O) groups excluding carboxylic acids is 1. The highest BCUT2D eigenvalue weighted by Gasteiger charge is 2.13. The van der Waals surface area contributed by atoms with Crippen molar-refractivity contribution in [2.75, 3.05) is 5.32 Å². The molecule has 1 aromatic carbocycles. The molecule has 0 radical (unpaired) electrons. The van der Waals surface area contributed by atoms with Crippen molar-refractivity contribution in [2.45, 2.75) is 46.5 Å². The lowest BCUT2D eigenvalue weighted by Crippen LogP contribution is -2.14. The van der Waals surface area contributed by atoms with Gasteiger partial charge in [0.2, 0.25) is 11.0 Å². The zero-order chi connectivity index (χ0) is 17.1. The van der Waals surface area contributed by atoms with Gasteiger partial charge in [-0.25, -0.2) is 0 Å². The van der Waals surface area contributed by atoms with Gasteiger partial charge in [-0.05, 0) is 43.5 Å². The van der Waals surface area contributed by atoms with Gasteiger partial charge >= 0.3 is 0 Å². The molecule has 3 aromatic rings. The molecule has 0 unspecified atom stereocenters. The number of nitrogens with zero attached hydrogens (tertiary/aromatic N) is 2. The SMILES string of the molecule is CCCCc1nnc(NC(=O)Cc2coc3cc(C)c(C)cc23)s1. The van der Waals surface area contributed by atoms with Gasteiger partial charge in [0.15, 0.2) is 0 Å². The average Bonchev–Trinajstić information content (AvgIpc) is 3.14. The molecule has 5 nitrogen and oxygen atoms in total. The van der Waals surface area contributed by atoms with Crippen molar-refractivity contribution in [3.05, 3.63) is 40.1 Å². The Balaban J connectivity index is 1.69. The molecular weight excluding hydrogens is 322 g/mol. The molecule has 6 heteroatoms. The van der Waals surface area contributed by atoms with Gasteiger partial charge in [-0.3, -0.25) is 4.79 Å². The number of rotatable bonds is 6. The van der Waals surface area contributed by atoms with Crippen LogP contribution in [0.2, 0.25) is 0 Å². The number of hydrogen-bond acceptors (Lipinski definition) is 5. The number of aromatic nitrogens is 2. The summed E-state index contributed by atoms with van der Waals surface area (Å²) in [5, 5.41) is 13.5. The molecule has 0 aliphatic heterocycles. The minimum absolute atomic E-state index is 0.103. The lowest BCUT2D eigenvalue weighted by molar-refractivity contribution is -0.115. The first-order chi connectivity index (χ1) is 11.6. The van der Waals surface area contributed by atoms with E-state index in [0.717, 1.165) is 40.8 Å². The predicted octanol–water partition coefficient (Wildman–Crippen LogP) is 4.42. The van der Waals surface area contributed by atoms with Crippen molar-refractivity contribution in [1.82, 2.24) is 10.2 Å². The van der Waals surface area contributed by atoms with Crippen LogP contribution in [0.15, 0.2) is 22.8 Å². The van der Waals surface area contributed by atoms with E-state index in [4.69, 9.17) is 4.42 Å². The van der Waals surface area contributed by atoms with Crippen LogP contribution >= 0.6 is 11.3 Å².